The fourth-order valence-corrected chi connectivity index (χ4v) is 2.50. The van der Waals surface area contributed by atoms with Crippen molar-refractivity contribution in [3.05, 3.63) is 28.8 Å². The molecule has 1 aromatic carbocycles. The van der Waals surface area contributed by atoms with E-state index >= 15 is 0 Å². The number of nitrogen functional groups attached to an aromatic ring is 1. The number of morpholine rings is 1. The van der Waals surface area contributed by atoms with Gasteiger partial charge in [-0.3, -0.25) is 4.90 Å². The Bertz CT molecular complexity index is 414. The lowest BCUT2D eigenvalue weighted by atomic mass is 10.1. The van der Waals surface area contributed by atoms with Crippen LogP contribution < -0.4 is 5.73 Å². The lowest BCUT2D eigenvalue weighted by Crippen LogP contribution is -2.47. The Hall–Kier alpha value is -0.810. The lowest BCUT2D eigenvalue weighted by Gasteiger charge is -2.36. The van der Waals surface area contributed by atoms with Crippen LogP contribution in [0.25, 0.3) is 0 Å². The number of aliphatic hydroxyl groups excluding tert-OH is 1. The number of hydrogen-bond acceptors (Lipinski definition) is 4. The highest BCUT2D eigenvalue weighted by Gasteiger charge is 2.24. The van der Waals surface area contributed by atoms with Crippen LogP contribution in [0.15, 0.2) is 18.2 Å². The third-order valence-electron chi connectivity index (χ3n) is 3.07. The van der Waals surface area contributed by atoms with Crippen molar-refractivity contribution >= 4 is 17.3 Å². The van der Waals surface area contributed by atoms with Crippen molar-refractivity contribution in [1.29, 1.82) is 0 Å². The molecule has 0 aliphatic carbocycles. The molecule has 1 fully saturated rings. The molecule has 100 valence electrons. The molecule has 2 atom stereocenters. The summed E-state index contributed by atoms with van der Waals surface area (Å²) in [7, 11) is 0. The Morgan fingerprint density at radius 1 is 1.50 bits per heavy atom. The number of nitrogens with two attached hydrogens (primary N) is 1. The highest BCUT2D eigenvalue weighted by molar-refractivity contribution is 6.31. The molecule has 2 unspecified atom stereocenters. The van der Waals surface area contributed by atoms with Gasteiger partial charge in [0.25, 0.3) is 0 Å². The maximum atomic E-state index is 9.19. The molecule has 1 aliphatic heterocycles. The summed E-state index contributed by atoms with van der Waals surface area (Å²) in [6, 6.07) is 5.51. The third kappa shape index (κ3) is 3.36. The molecule has 0 amide bonds. The van der Waals surface area contributed by atoms with Gasteiger partial charge in [0.2, 0.25) is 0 Å². The minimum Gasteiger partial charge on any atom is -0.399 e. The number of halogens is 1. The smallest absolute Gasteiger partial charge is 0.0936 e. The van der Waals surface area contributed by atoms with E-state index < -0.39 is 0 Å². The Morgan fingerprint density at radius 3 is 3.00 bits per heavy atom. The molecule has 1 saturated heterocycles. The first-order chi connectivity index (χ1) is 8.58. The van der Waals surface area contributed by atoms with Crippen LogP contribution in [0.2, 0.25) is 5.02 Å². The molecule has 5 heteroatoms. The number of anilines is 1. The zero-order chi connectivity index (χ0) is 13.1. The summed E-state index contributed by atoms with van der Waals surface area (Å²) in [6.07, 6.45) is 0.00400. The summed E-state index contributed by atoms with van der Waals surface area (Å²) in [5, 5.41) is 9.92. The zero-order valence-corrected chi connectivity index (χ0v) is 11.2. The Kier molecular flexibility index (Phi) is 4.45. The van der Waals surface area contributed by atoms with Crippen LogP contribution in [0.3, 0.4) is 0 Å². The van der Waals surface area contributed by atoms with Gasteiger partial charge in [0.05, 0.1) is 18.8 Å². The van der Waals surface area contributed by atoms with Crippen LogP contribution in [0, 0.1) is 0 Å². The molecule has 1 heterocycles. The van der Waals surface area contributed by atoms with Gasteiger partial charge >= 0.3 is 0 Å². The molecule has 3 N–H and O–H groups in total. The second kappa shape index (κ2) is 5.89. The topological polar surface area (TPSA) is 58.7 Å². The van der Waals surface area contributed by atoms with Crippen molar-refractivity contribution in [1.82, 2.24) is 4.90 Å². The van der Waals surface area contributed by atoms with Crippen molar-refractivity contribution in [2.75, 3.05) is 25.4 Å². The van der Waals surface area contributed by atoms with Gasteiger partial charge in [0.1, 0.15) is 0 Å². The van der Waals surface area contributed by atoms with Crippen molar-refractivity contribution in [3.8, 4) is 0 Å². The summed E-state index contributed by atoms with van der Waals surface area (Å²) in [4.78, 5) is 2.23. The van der Waals surface area contributed by atoms with Gasteiger partial charge in [-0.05, 0) is 30.7 Å². The Morgan fingerprint density at radius 2 is 2.28 bits per heavy atom. The van der Waals surface area contributed by atoms with Crippen LogP contribution in [0.1, 0.15) is 12.5 Å². The summed E-state index contributed by atoms with van der Waals surface area (Å²) in [5.74, 6) is 0. The normalized spacial score (nSPS) is 25.3. The minimum absolute atomic E-state index is 0.0471. The van der Waals surface area contributed by atoms with Gasteiger partial charge in [0, 0.05) is 30.3 Å². The number of rotatable bonds is 3. The maximum Gasteiger partial charge on any atom is 0.0936 e. The molecule has 4 nitrogen and oxygen atoms in total. The largest absolute Gasteiger partial charge is 0.399 e. The van der Waals surface area contributed by atoms with Gasteiger partial charge < -0.3 is 15.6 Å². The van der Waals surface area contributed by atoms with Crippen molar-refractivity contribution in [3.63, 3.8) is 0 Å². The second-order valence-corrected chi connectivity index (χ2v) is 5.20. The van der Waals surface area contributed by atoms with Crippen molar-refractivity contribution in [2.45, 2.75) is 25.7 Å². The predicted molar refractivity (Wildman–Crippen MR) is 72.6 cm³/mol. The highest BCUT2D eigenvalue weighted by Crippen LogP contribution is 2.22. The number of ether oxygens (including phenoxy) is 1. The number of nitrogens with zero attached hydrogens (tertiary/aromatic N) is 1. The number of hydrogen-bond donors (Lipinski definition) is 2. The average molecular weight is 271 g/mol. The van der Waals surface area contributed by atoms with E-state index in [9.17, 15) is 5.11 Å². The Balaban J connectivity index is 2.06. The standard InChI is InChI=1S/C13H19ClN2O2/c1-9-5-16(7-12(8-17)18-9)6-10-4-11(15)2-3-13(10)14/h2-4,9,12,17H,5-8,15H2,1H3. The van der Waals surface area contributed by atoms with E-state index in [0.717, 1.165) is 29.4 Å². The molecule has 1 aromatic rings. The SMILES string of the molecule is CC1CN(Cc2cc(N)ccc2Cl)CC(CO)O1. The second-order valence-electron chi connectivity index (χ2n) is 4.80. The fourth-order valence-electron chi connectivity index (χ4n) is 2.33. The van der Waals surface area contributed by atoms with Crippen LogP contribution in [0.5, 0.6) is 0 Å². The summed E-state index contributed by atoms with van der Waals surface area (Å²) < 4.78 is 5.61. The molecule has 0 aromatic heterocycles. The molecular formula is C13H19ClN2O2. The third-order valence-corrected chi connectivity index (χ3v) is 3.44. The first-order valence-corrected chi connectivity index (χ1v) is 6.49. The van der Waals surface area contributed by atoms with Crippen LogP contribution >= 0.6 is 11.6 Å². The molecule has 0 saturated carbocycles. The first kappa shape index (κ1) is 13.6. The van der Waals surface area contributed by atoms with Gasteiger partial charge in [0.15, 0.2) is 0 Å². The molecule has 1 aliphatic rings. The van der Waals surface area contributed by atoms with Crippen LogP contribution in [0.4, 0.5) is 5.69 Å². The van der Waals surface area contributed by atoms with E-state index in [-0.39, 0.29) is 18.8 Å². The molecular weight excluding hydrogens is 252 g/mol. The van der Waals surface area contributed by atoms with Crippen molar-refractivity contribution < 1.29 is 9.84 Å². The Labute approximate surface area is 112 Å². The van der Waals surface area contributed by atoms with E-state index in [1.165, 1.54) is 0 Å². The van der Waals surface area contributed by atoms with Gasteiger partial charge in [-0.15, -0.1) is 0 Å². The molecule has 2 rings (SSSR count). The summed E-state index contributed by atoms with van der Waals surface area (Å²) >= 11 is 6.16. The summed E-state index contributed by atoms with van der Waals surface area (Å²) in [5.41, 5.74) is 7.50. The van der Waals surface area contributed by atoms with E-state index in [1.807, 2.05) is 19.1 Å². The highest BCUT2D eigenvalue weighted by atomic mass is 35.5. The van der Waals surface area contributed by atoms with Crippen molar-refractivity contribution in [2.24, 2.45) is 0 Å². The molecule has 0 radical (unpaired) electrons. The zero-order valence-electron chi connectivity index (χ0n) is 10.5. The molecule has 18 heavy (non-hydrogen) atoms. The number of benzene rings is 1. The van der Waals surface area contributed by atoms with Gasteiger partial charge in [-0.2, -0.15) is 0 Å². The summed E-state index contributed by atoms with van der Waals surface area (Å²) in [6.45, 7) is 4.34. The predicted octanol–water partition coefficient (Wildman–Crippen LogP) is 1.50. The van der Waals surface area contributed by atoms with E-state index in [0.29, 0.717) is 6.54 Å². The molecule has 0 spiro atoms. The molecule has 0 bridgehead atoms. The van der Waals surface area contributed by atoms with Gasteiger partial charge in [-0.1, -0.05) is 11.6 Å². The lowest BCUT2D eigenvalue weighted by molar-refractivity contribution is -0.0972. The minimum atomic E-state index is -0.117. The van der Waals surface area contributed by atoms with E-state index in [1.54, 1.807) is 6.07 Å². The average Bonchev–Trinajstić information content (AvgIpc) is 2.33. The van der Waals surface area contributed by atoms with Gasteiger partial charge in [-0.25, -0.2) is 0 Å². The monoisotopic (exact) mass is 270 g/mol. The maximum absolute atomic E-state index is 9.19. The van der Waals surface area contributed by atoms with Crippen LogP contribution in [-0.2, 0) is 11.3 Å². The number of aliphatic hydroxyl groups is 1. The quantitative estimate of drug-likeness (QED) is 0.818. The van der Waals surface area contributed by atoms with E-state index in [4.69, 9.17) is 22.1 Å². The van der Waals surface area contributed by atoms with Crippen LogP contribution in [-0.4, -0.2) is 41.9 Å². The first-order valence-electron chi connectivity index (χ1n) is 6.11. The fraction of sp³-hybridized carbons (Fsp3) is 0.538. The van der Waals surface area contributed by atoms with E-state index in [2.05, 4.69) is 4.90 Å².